The summed E-state index contributed by atoms with van der Waals surface area (Å²) in [5.74, 6) is 1.64. The molecule has 0 aliphatic carbocycles. The highest BCUT2D eigenvalue weighted by Crippen LogP contribution is 2.28. The molecule has 1 unspecified atom stereocenters. The largest absolute Gasteiger partial charge is 0.491 e. The number of para-hydroxylation sites is 1. The first-order chi connectivity index (χ1) is 14.5. The molecule has 4 nitrogen and oxygen atoms in total. The van der Waals surface area contributed by atoms with Crippen molar-refractivity contribution in [2.45, 2.75) is 46.1 Å². The van der Waals surface area contributed by atoms with E-state index in [1.807, 2.05) is 85.5 Å². The minimum absolute atomic E-state index is 0. The molecule has 0 amide bonds. The van der Waals surface area contributed by atoms with Crippen LogP contribution in [0.2, 0.25) is 0 Å². The molecule has 0 radical (unpaired) electrons. The van der Waals surface area contributed by atoms with Crippen molar-refractivity contribution in [1.29, 1.82) is 5.41 Å². The predicted molar refractivity (Wildman–Crippen MR) is 135 cm³/mol. The Morgan fingerprint density at radius 1 is 0.871 bits per heavy atom. The van der Waals surface area contributed by atoms with E-state index in [4.69, 9.17) is 10.1 Å². The third-order valence-corrected chi connectivity index (χ3v) is 5.06. The van der Waals surface area contributed by atoms with E-state index < -0.39 is 0 Å². The molecule has 31 heavy (non-hydrogen) atoms. The summed E-state index contributed by atoms with van der Waals surface area (Å²) in [4.78, 5) is 1.89. The summed E-state index contributed by atoms with van der Waals surface area (Å²) in [6.07, 6.45) is 1.24. The fourth-order valence-corrected chi connectivity index (χ4v) is 3.25. The number of nitrogens with one attached hydrogen (secondary N) is 2. The second kappa shape index (κ2) is 11.4. The summed E-state index contributed by atoms with van der Waals surface area (Å²) in [7, 11) is 0. The van der Waals surface area contributed by atoms with Crippen LogP contribution in [-0.4, -0.2) is 12.1 Å². The van der Waals surface area contributed by atoms with E-state index in [0.717, 1.165) is 29.2 Å². The van der Waals surface area contributed by atoms with Gasteiger partial charge in [0.15, 0.2) is 0 Å². The van der Waals surface area contributed by atoms with Crippen LogP contribution in [-0.2, 0) is 0 Å². The van der Waals surface area contributed by atoms with Crippen molar-refractivity contribution in [3.63, 3.8) is 0 Å². The van der Waals surface area contributed by atoms with Gasteiger partial charge in [-0.25, -0.2) is 0 Å². The maximum atomic E-state index is 8.78. The van der Waals surface area contributed by atoms with E-state index in [9.17, 15) is 0 Å². The van der Waals surface area contributed by atoms with Crippen molar-refractivity contribution in [3.05, 3.63) is 84.4 Å². The van der Waals surface area contributed by atoms with E-state index in [1.165, 1.54) is 5.56 Å². The summed E-state index contributed by atoms with van der Waals surface area (Å²) < 4.78 is 5.76. The lowest BCUT2D eigenvalue weighted by Crippen LogP contribution is -2.31. The summed E-state index contributed by atoms with van der Waals surface area (Å²) in [6, 6.07) is 26.1. The standard InChI is InChI=1S/C26H31N3O.ClH/c1-5-20(4)21-11-13-22(14-12-21)28-26(27)29(23-9-7-6-8-10-23)24-15-17-25(18-16-24)30-19(2)3;/h6-20H,5H2,1-4H3,(H2,27,28);1H. The fourth-order valence-electron chi connectivity index (χ4n) is 3.25. The fraction of sp³-hybridized carbons (Fsp3) is 0.269. The highest BCUT2D eigenvalue weighted by Gasteiger charge is 2.15. The first-order valence-corrected chi connectivity index (χ1v) is 10.6. The molecule has 5 heteroatoms. The van der Waals surface area contributed by atoms with Crippen molar-refractivity contribution in [1.82, 2.24) is 0 Å². The molecule has 0 aliphatic rings. The molecule has 3 rings (SSSR count). The van der Waals surface area contributed by atoms with E-state index in [1.54, 1.807) is 0 Å². The van der Waals surface area contributed by atoms with E-state index >= 15 is 0 Å². The smallest absolute Gasteiger partial charge is 0.204 e. The summed E-state index contributed by atoms with van der Waals surface area (Å²) in [6.45, 7) is 8.45. The molecular weight excluding hydrogens is 406 g/mol. The SMILES string of the molecule is CCC(C)c1ccc(NC(=N)N(c2ccccc2)c2ccc(OC(C)C)cc2)cc1.Cl. The molecular formula is C26H32ClN3O. The highest BCUT2D eigenvalue weighted by molar-refractivity contribution is 6.08. The van der Waals surface area contributed by atoms with Crippen molar-refractivity contribution >= 4 is 35.4 Å². The maximum absolute atomic E-state index is 8.78. The van der Waals surface area contributed by atoms with Gasteiger partial charge in [-0.1, -0.05) is 44.2 Å². The molecule has 2 N–H and O–H groups in total. The number of hydrogen-bond donors (Lipinski definition) is 2. The average Bonchev–Trinajstić information content (AvgIpc) is 2.75. The van der Waals surface area contributed by atoms with E-state index in [-0.39, 0.29) is 24.5 Å². The van der Waals surface area contributed by atoms with Gasteiger partial charge >= 0.3 is 0 Å². The Bertz CT molecular complexity index is 941. The topological polar surface area (TPSA) is 48.4 Å². The number of rotatable bonds is 7. The number of benzene rings is 3. The lowest BCUT2D eigenvalue weighted by atomic mass is 9.99. The normalized spacial score (nSPS) is 11.4. The Balaban J connectivity index is 0.00000341. The van der Waals surface area contributed by atoms with Gasteiger partial charge in [-0.2, -0.15) is 0 Å². The van der Waals surface area contributed by atoms with Crippen molar-refractivity contribution in [2.24, 2.45) is 0 Å². The van der Waals surface area contributed by atoms with Crippen LogP contribution in [0.1, 0.15) is 45.6 Å². The van der Waals surface area contributed by atoms with Gasteiger partial charge in [0.2, 0.25) is 5.96 Å². The lowest BCUT2D eigenvalue weighted by Gasteiger charge is -2.26. The summed E-state index contributed by atoms with van der Waals surface area (Å²) >= 11 is 0. The number of anilines is 3. The van der Waals surface area contributed by atoms with Crippen LogP contribution >= 0.6 is 12.4 Å². The summed E-state index contributed by atoms with van der Waals surface area (Å²) in [5.41, 5.74) is 4.03. The predicted octanol–water partition coefficient (Wildman–Crippen LogP) is 7.59. The minimum atomic E-state index is 0. The van der Waals surface area contributed by atoms with Crippen molar-refractivity contribution < 1.29 is 4.74 Å². The molecule has 164 valence electrons. The van der Waals surface area contributed by atoms with Gasteiger partial charge in [0.1, 0.15) is 5.75 Å². The van der Waals surface area contributed by atoms with Gasteiger partial charge in [0, 0.05) is 17.1 Å². The Kier molecular flexibility index (Phi) is 8.95. The number of guanidine groups is 1. The lowest BCUT2D eigenvalue weighted by molar-refractivity contribution is 0.242. The second-order valence-corrected chi connectivity index (χ2v) is 7.74. The number of halogens is 1. The quantitative estimate of drug-likeness (QED) is 0.295. The molecule has 0 aromatic heterocycles. The van der Waals surface area contributed by atoms with Gasteiger partial charge in [0.25, 0.3) is 0 Å². The Morgan fingerprint density at radius 3 is 2.00 bits per heavy atom. The average molecular weight is 438 g/mol. The first kappa shape index (κ1) is 24.3. The van der Waals surface area contributed by atoms with Crippen LogP contribution in [0.25, 0.3) is 0 Å². The Labute approximate surface area is 192 Å². The molecule has 0 spiro atoms. The zero-order chi connectivity index (χ0) is 21.5. The number of ether oxygens (including phenoxy) is 1. The summed E-state index contributed by atoms with van der Waals surface area (Å²) in [5, 5.41) is 12.0. The number of hydrogen-bond acceptors (Lipinski definition) is 2. The molecule has 0 aliphatic heterocycles. The minimum Gasteiger partial charge on any atom is -0.491 e. The molecule has 0 bridgehead atoms. The third kappa shape index (κ3) is 6.50. The van der Waals surface area contributed by atoms with Crippen LogP contribution in [0.15, 0.2) is 78.9 Å². The van der Waals surface area contributed by atoms with Gasteiger partial charge in [-0.05, 0) is 80.3 Å². The molecule has 0 saturated heterocycles. The van der Waals surface area contributed by atoms with Gasteiger partial charge in [-0.3, -0.25) is 10.3 Å². The van der Waals surface area contributed by atoms with Crippen LogP contribution < -0.4 is 15.0 Å². The van der Waals surface area contributed by atoms with E-state index in [2.05, 4.69) is 31.3 Å². The van der Waals surface area contributed by atoms with Crippen molar-refractivity contribution in [2.75, 3.05) is 10.2 Å². The van der Waals surface area contributed by atoms with Gasteiger partial charge < -0.3 is 10.1 Å². The monoisotopic (exact) mass is 437 g/mol. The third-order valence-electron chi connectivity index (χ3n) is 5.06. The second-order valence-electron chi connectivity index (χ2n) is 7.74. The molecule has 0 saturated carbocycles. The Morgan fingerprint density at radius 2 is 1.45 bits per heavy atom. The van der Waals surface area contributed by atoms with Gasteiger partial charge in [-0.15, -0.1) is 12.4 Å². The molecule has 0 fully saturated rings. The van der Waals surface area contributed by atoms with Gasteiger partial charge in [0.05, 0.1) is 6.10 Å². The molecule has 3 aromatic rings. The van der Waals surface area contributed by atoms with Crippen LogP contribution in [0, 0.1) is 5.41 Å². The zero-order valence-corrected chi connectivity index (χ0v) is 19.4. The zero-order valence-electron chi connectivity index (χ0n) is 18.6. The van der Waals surface area contributed by atoms with Crippen LogP contribution in [0.4, 0.5) is 17.1 Å². The maximum Gasteiger partial charge on any atom is 0.204 e. The Hall–Kier alpha value is -2.98. The number of nitrogens with zero attached hydrogens (tertiary/aromatic N) is 1. The first-order valence-electron chi connectivity index (χ1n) is 10.6. The van der Waals surface area contributed by atoms with E-state index in [0.29, 0.717) is 5.92 Å². The van der Waals surface area contributed by atoms with Crippen LogP contribution in [0.5, 0.6) is 5.75 Å². The molecule has 1 atom stereocenters. The molecule has 3 aromatic carbocycles. The van der Waals surface area contributed by atoms with Crippen molar-refractivity contribution in [3.8, 4) is 5.75 Å². The van der Waals surface area contributed by atoms with Crippen LogP contribution in [0.3, 0.4) is 0 Å². The highest BCUT2D eigenvalue weighted by atomic mass is 35.5. The molecule has 0 heterocycles.